The van der Waals surface area contributed by atoms with Gasteiger partial charge in [0.1, 0.15) is 0 Å². The van der Waals surface area contributed by atoms with E-state index in [9.17, 15) is 13.2 Å². The number of allylic oxidation sites excluding steroid dienone is 5. The van der Waals surface area contributed by atoms with Gasteiger partial charge in [-0.2, -0.15) is 13.2 Å². The van der Waals surface area contributed by atoms with Gasteiger partial charge in [-0.25, -0.2) is 4.98 Å². The van der Waals surface area contributed by atoms with Crippen molar-refractivity contribution in [2.45, 2.75) is 13.1 Å². The topological polar surface area (TPSA) is 24.9 Å². The van der Waals surface area contributed by atoms with E-state index in [-0.39, 0.29) is 0 Å². The molecule has 0 saturated carbocycles. The van der Waals surface area contributed by atoms with E-state index < -0.39 is 11.7 Å². The van der Waals surface area contributed by atoms with Crippen LogP contribution in [0, 0.1) is 0 Å². The van der Waals surface area contributed by atoms with Crippen LogP contribution in [0.4, 0.5) is 24.0 Å². The Kier molecular flexibility index (Phi) is 5.39. The van der Waals surface area contributed by atoms with Crippen LogP contribution in [-0.4, -0.2) is 4.98 Å². The molecule has 1 aromatic heterocycles. The van der Waals surface area contributed by atoms with Crippen LogP contribution >= 0.6 is 11.3 Å². The van der Waals surface area contributed by atoms with Crippen LogP contribution in [-0.2, 0) is 6.18 Å². The highest BCUT2D eigenvalue weighted by Gasteiger charge is 2.29. The fourth-order valence-corrected chi connectivity index (χ4v) is 2.53. The molecule has 2 nitrogen and oxygen atoms in total. The molecule has 0 radical (unpaired) electrons. The number of rotatable bonds is 5. The van der Waals surface area contributed by atoms with Crippen LogP contribution in [0.2, 0.25) is 0 Å². The van der Waals surface area contributed by atoms with Crippen molar-refractivity contribution in [2.24, 2.45) is 0 Å². The number of nitrogens with zero attached hydrogens (tertiary/aromatic N) is 1. The third-order valence-corrected chi connectivity index (χ3v) is 3.71. The zero-order valence-electron chi connectivity index (χ0n) is 12.4. The Bertz CT molecular complexity index is 725. The first-order valence-corrected chi connectivity index (χ1v) is 7.67. The fraction of sp³-hybridized carbons (Fsp3) is 0.118. The number of halogens is 3. The molecule has 2 rings (SSSR count). The maximum atomic E-state index is 12.5. The minimum absolute atomic E-state index is 0.552. The standard InChI is InChI=1S/C17H15F3N2S/c1-3-5-6-12(4-2)15-11-23-16(22-15)21-14-9-7-13(8-10-14)17(18,19)20/h3-11H,2H2,1H3,(H,21,22)/b5-3-,12-6+. The number of anilines is 2. The summed E-state index contributed by atoms with van der Waals surface area (Å²) >= 11 is 1.37. The average Bonchev–Trinajstić information content (AvgIpc) is 2.96. The summed E-state index contributed by atoms with van der Waals surface area (Å²) in [5.74, 6) is 0. The predicted molar refractivity (Wildman–Crippen MR) is 89.8 cm³/mol. The van der Waals surface area contributed by atoms with Crippen LogP contribution in [0.1, 0.15) is 18.2 Å². The largest absolute Gasteiger partial charge is 0.416 e. The highest BCUT2D eigenvalue weighted by molar-refractivity contribution is 7.13. The van der Waals surface area contributed by atoms with Gasteiger partial charge < -0.3 is 5.32 Å². The first-order valence-electron chi connectivity index (χ1n) is 6.79. The van der Waals surface area contributed by atoms with E-state index in [0.717, 1.165) is 23.4 Å². The Labute approximate surface area is 136 Å². The van der Waals surface area contributed by atoms with Gasteiger partial charge in [0.15, 0.2) is 5.13 Å². The Hall–Kier alpha value is -2.34. The third kappa shape index (κ3) is 4.56. The smallest absolute Gasteiger partial charge is 0.332 e. The van der Waals surface area contributed by atoms with Gasteiger partial charge >= 0.3 is 6.18 Å². The van der Waals surface area contributed by atoms with E-state index in [1.807, 2.05) is 30.5 Å². The molecule has 0 bridgehead atoms. The van der Waals surface area contributed by atoms with Crippen molar-refractivity contribution in [3.63, 3.8) is 0 Å². The predicted octanol–water partition coefficient (Wildman–Crippen LogP) is 6.05. The third-order valence-electron chi connectivity index (χ3n) is 2.95. The molecular weight excluding hydrogens is 321 g/mol. The molecule has 0 aliphatic rings. The second-order valence-electron chi connectivity index (χ2n) is 4.59. The molecule has 0 atom stereocenters. The van der Waals surface area contributed by atoms with E-state index >= 15 is 0 Å². The van der Waals surface area contributed by atoms with E-state index in [0.29, 0.717) is 10.8 Å². The molecule has 1 heterocycles. The van der Waals surface area contributed by atoms with Crippen LogP contribution in [0.3, 0.4) is 0 Å². The van der Waals surface area contributed by atoms with Gasteiger partial charge in [0.2, 0.25) is 0 Å². The molecule has 0 spiro atoms. The monoisotopic (exact) mass is 336 g/mol. The lowest BCUT2D eigenvalue weighted by atomic mass is 10.2. The van der Waals surface area contributed by atoms with Crippen LogP contribution in [0.25, 0.3) is 5.57 Å². The van der Waals surface area contributed by atoms with Crippen molar-refractivity contribution in [1.82, 2.24) is 4.98 Å². The van der Waals surface area contributed by atoms with Gasteiger partial charge in [0.25, 0.3) is 0 Å². The molecular formula is C17H15F3N2S. The number of hydrogen-bond donors (Lipinski definition) is 1. The maximum Gasteiger partial charge on any atom is 0.416 e. The van der Waals surface area contributed by atoms with Crippen molar-refractivity contribution >= 4 is 27.7 Å². The number of aromatic nitrogens is 1. The Morgan fingerprint density at radius 3 is 2.52 bits per heavy atom. The zero-order valence-corrected chi connectivity index (χ0v) is 13.2. The molecule has 1 N–H and O–H groups in total. The van der Waals surface area contributed by atoms with Crippen molar-refractivity contribution in [3.8, 4) is 0 Å². The lowest BCUT2D eigenvalue weighted by Crippen LogP contribution is -2.04. The zero-order chi connectivity index (χ0) is 16.9. The van der Waals surface area contributed by atoms with E-state index in [2.05, 4.69) is 16.9 Å². The summed E-state index contributed by atoms with van der Waals surface area (Å²) in [4.78, 5) is 4.41. The van der Waals surface area contributed by atoms with Crippen molar-refractivity contribution in [2.75, 3.05) is 5.32 Å². The summed E-state index contributed by atoms with van der Waals surface area (Å²) in [6, 6.07) is 4.85. The molecule has 120 valence electrons. The number of alkyl halides is 3. The van der Waals surface area contributed by atoms with Crippen molar-refractivity contribution < 1.29 is 13.2 Å². The van der Waals surface area contributed by atoms with E-state index in [1.165, 1.54) is 23.5 Å². The van der Waals surface area contributed by atoms with Gasteiger partial charge in [-0.05, 0) is 31.2 Å². The minimum atomic E-state index is -4.33. The second-order valence-corrected chi connectivity index (χ2v) is 5.45. The second kappa shape index (κ2) is 7.28. The lowest BCUT2D eigenvalue weighted by molar-refractivity contribution is -0.137. The highest BCUT2D eigenvalue weighted by atomic mass is 32.1. The molecule has 0 amide bonds. The molecule has 2 aromatic rings. The molecule has 0 fully saturated rings. The van der Waals surface area contributed by atoms with Crippen LogP contribution in [0.15, 0.2) is 60.5 Å². The highest BCUT2D eigenvalue weighted by Crippen LogP contribution is 2.31. The summed E-state index contributed by atoms with van der Waals surface area (Å²) in [7, 11) is 0. The summed E-state index contributed by atoms with van der Waals surface area (Å²) in [5, 5.41) is 5.47. The Balaban J connectivity index is 2.14. The maximum absolute atomic E-state index is 12.5. The quantitative estimate of drug-likeness (QED) is 0.672. The summed E-state index contributed by atoms with van der Waals surface area (Å²) in [6.45, 7) is 5.66. The molecule has 0 aliphatic heterocycles. The van der Waals surface area contributed by atoms with Crippen molar-refractivity contribution in [1.29, 1.82) is 0 Å². The van der Waals surface area contributed by atoms with Crippen LogP contribution in [0.5, 0.6) is 0 Å². The summed E-state index contributed by atoms with van der Waals surface area (Å²) in [5.41, 5.74) is 1.51. The van der Waals surface area contributed by atoms with Gasteiger partial charge in [-0.1, -0.05) is 30.9 Å². The van der Waals surface area contributed by atoms with Gasteiger partial charge in [0, 0.05) is 16.6 Å². The molecule has 23 heavy (non-hydrogen) atoms. The number of hydrogen-bond acceptors (Lipinski definition) is 3. The lowest BCUT2D eigenvalue weighted by Gasteiger charge is -2.07. The molecule has 1 aromatic carbocycles. The Morgan fingerprint density at radius 2 is 1.96 bits per heavy atom. The number of benzene rings is 1. The van der Waals surface area contributed by atoms with Crippen molar-refractivity contribution in [3.05, 3.63) is 71.8 Å². The SMILES string of the molecule is C=C/C(=C\C=C/C)c1csc(Nc2ccc(C(F)(F)F)cc2)n1. The van der Waals surface area contributed by atoms with E-state index in [1.54, 1.807) is 6.08 Å². The first kappa shape index (κ1) is 17.0. The molecule has 6 heteroatoms. The normalized spacial score (nSPS) is 12.6. The first-order chi connectivity index (χ1) is 10.9. The number of thiazole rings is 1. The Morgan fingerprint density at radius 1 is 1.26 bits per heavy atom. The summed E-state index contributed by atoms with van der Waals surface area (Å²) in [6.07, 6.45) is 3.06. The summed E-state index contributed by atoms with van der Waals surface area (Å²) < 4.78 is 37.6. The number of nitrogens with one attached hydrogen (secondary N) is 1. The van der Waals surface area contributed by atoms with Crippen LogP contribution < -0.4 is 5.32 Å². The van der Waals surface area contributed by atoms with Gasteiger partial charge in [-0.15, -0.1) is 11.3 Å². The minimum Gasteiger partial charge on any atom is -0.332 e. The van der Waals surface area contributed by atoms with E-state index in [4.69, 9.17) is 0 Å². The average molecular weight is 336 g/mol. The van der Waals surface area contributed by atoms with Gasteiger partial charge in [-0.3, -0.25) is 0 Å². The molecule has 0 saturated heterocycles. The fourth-order valence-electron chi connectivity index (χ4n) is 1.79. The molecule has 0 aliphatic carbocycles. The van der Waals surface area contributed by atoms with Gasteiger partial charge in [0.05, 0.1) is 11.3 Å². The molecule has 0 unspecified atom stereocenters.